The molecule has 1 spiro atoms. The maximum atomic E-state index is 12.3. The number of rotatable bonds is 1. The van der Waals surface area contributed by atoms with Crippen LogP contribution < -0.4 is 0 Å². The highest BCUT2D eigenvalue weighted by molar-refractivity contribution is 6.04. The first kappa shape index (κ1) is 14.2. The molecule has 0 amide bonds. The molecule has 20 heavy (non-hydrogen) atoms. The van der Waals surface area contributed by atoms with E-state index < -0.39 is 29.4 Å². The Balaban J connectivity index is 2.02. The molecular formula is C14H20O6. The first-order valence-electron chi connectivity index (χ1n) is 6.90. The van der Waals surface area contributed by atoms with Crippen molar-refractivity contribution in [1.29, 1.82) is 0 Å². The summed E-state index contributed by atoms with van der Waals surface area (Å²) in [5, 5.41) is 20.2. The van der Waals surface area contributed by atoms with Crippen LogP contribution >= 0.6 is 0 Å². The lowest BCUT2D eigenvalue weighted by Gasteiger charge is -2.46. The van der Waals surface area contributed by atoms with Gasteiger partial charge < -0.3 is 24.4 Å². The van der Waals surface area contributed by atoms with Crippen LogP contribution in [0.4, 0.5) is 0 Å². The third-order valence-electron chi connectivity index (χ3n) is 4.61. The quantitative estimate of drug-likeness (QED) is 0.700. The number of methoxy groups -OCH3 is 1. The Hall–Kier alpha value is -0.790. The van der Waals surface area contributed by atoms with Crippen LogP contribution in [0.3, 0.4) is 0 Å². The molecule has 0 saturated carbocycles. The van der Waals surface area contributed by atoms with E-state index in [0.717, 1.165) is 6.42 Å². The van der Waals surface area contributed by atoms with Gasteiger partial charge in [0.2, 0.25) is 0 Å². The highest BCUT2D eigenvalue weighted by Crippen LogP contribution is 2.44. The van der Waals surface area contributed by atoms with Gasteiger partial charge >= 0.3 is 0 Å². The van der Waals surface area contributed by atoms with Gasteiger partial charge in [0.15, 0.2) is 17.2 Å². The van der Waals surface area contributed by atoms with E-state index in [1.165, 1.54) is 14.0 Å². The Bertz CT molecular complexity index is 460. The average molecular weight is 284 g/mol. The van der Waals surface area contributed by atoms with Gasteiger partial charge in [-0.2, -0.15) is 0 Å². The summed E-state index contributed by atoms with van der Waals surface area (Å²) in [6.45, 7) is 2.02. The number of carbonyl (C=O) groups is 1. The summed E-state index contributed by atoms with van der Waals surface area (Å²) in [5.41, 5.74) is -0.653. The van der Waals surface area contributed by atoms with Crippen molar-refractivity contribution in [3.8, 4) is 0 Å². The second-order valence-electron chi connectivity index (χ2n) is 5.87. The second-order valence-corrected chi connectivity index (χ2v) is 5.87. The molecule has 0 aromatic heterocycles. The fraction of sp³-hybridized carbons (Fsp3) is 0.786. The normalized spacial score (nSPS) is 45.1. The zero-order valence-electron chi connectivity index (χ0n) is 11.7. The third-order valence-corrected chi connectivity index (χ3v) is 4.61. The molecule has 1 unspecified atom stereocenters. The van der Waals surface area contributed by atoms with Gasteiger partial charge in [-0.1, -0.05) is 0 Å². The third kappa shape index (κ3) is 1.79. The van der Waals surface area contributed by atoms with Crippen LogP contribution in [0, 0.1) is 0 Å². The van der Waals surface area contributed by atoms with Crippen molar-refractivity contribution in [3.63, 3.8) is 0 Å². The number of ketones is 1. The molecule has 1 aliphatic carbocycles. The van der Waals surface area contributed by atoms with Crippen molar-refractivity contribution in [2.75, 3.05) is 20.3 Å². The highest BCUT2D eigenvalue weighted by Gasteiger charge is 2.55. The highest BCUT2D eigenvalue weighted by atomic mass is 16.7. The van der Waals surface area contributed by atoms with Crippen LogP contribution in [0.2, 0.25) is 0 Å². The molecule has 2 heterocycles. The van der Waals surface area contributed by atoms with Crippen molar-refractivity contribution in [3.05, 3.63) is 11.1 Å². The smallest absolute Gasteiger partial charge is 0.199 e. The molecule has 1 saturated heterocycles. The Morgan fingerprint density at radius 3 is 2.75 bits per heavy atom. The van der Waals surface area contributed by atoms with Crippen molar-refractivity contribution in [2.24, 2.45) is 0 Å². The molecule has 2 aliphatic heterocycles. The fourth-order valence-corrected chi connectivity index (χ4v) is 3.37. The minimum absolute atomic E-state index is 0.0941. The summed E-state index contributed by atoms with van der Waals surface area (Å²) in [6, 6.07) is 0. The summed E-state index contributed by atoms with van der Waals surface area (Å²) < 4.78 is 17.0. The minimum atomic E-state index is -1.76. The monoisotopic (exact) mass is 284 g/mol. The Labute approximate surface area is 117 Å². The van der Waals surface area contributed by atoms with Crippen LogP contribution in [-0.2, 0) is 19.0 Å². The van der Waals surface area contributed by atoms with Crippen LogP contribution in [0.1, 0.15) is 26.2 Å². The molecule has 3 rings (SSSR count). The van der Waals surface area contributed by atoms with Gasteiger partial charge in [0, 0.05) is 25.5 Å². The summed E-state index contributed by atoms with van der Waals surface area (Å²) in [6.07, 6.45) is 0.118. The lowest BCUT2D eigenvalue weighted by molar-refractivity contribution is -0.262. The average Bonchev–Trinajstić information content (AvgIpc) is 2.86. The van der Waals surface area contributed by atoms with E-state index in [1.807, 2.05) is 0 Å². The van der Waals surface area contributed by atoms with Crippen LogP contribution in [0.25, 0.3) is 0 Å². The minimum Gasteiger partial charge on any atom is -0.389 e. The predicted octanol–water partition coefficient (Wildman–Crippen LogP) is -0.0804. The van der Waals surface area contributed by atoms with Gasteiger partial charge in [-0.25, -0.2) is 0 Å². The van der Waals surface area contributed by atoms with Gasteiger partial charge in [0.05, 0.1) is 19.3 Å². The van der Waals surface area contributed by atoms with E-state index in [9.17, 15) is 15.0 Å². The number of aliphatic hydroxyl groups is 2. The molecule has 0 bridgehead atoms. The SMILES string of the molecule is CO[C@@H]1C2=C(COC13CCCO3)C(=O)[C@](C)(O)[C@@H](O)C2. The van der Waals surface area contributed by atoms with Crippen LogP contribution in [0.15, 0.2) is 11.1 Å². The first-order valence-corrected chi connectivity index (χ1v) is 6.90. The molecule has 0 radical (unpaired) electrons. The summed E-state index contributed by atoms with van der Waals surface area (Å²) in [5.74, 6) is -1.34. The van der Waals surface area contributed by atoms with Crippen LogP contribution in [-0.4, -0.2) is 59.9 Å². The van der Waals surface area contributed by atoms with Gasteiger partial charge in [-0.05, 0) is 18.9 Å². The summed E-state index contributed by atoms with van der Waals surface area (Å²) in [4.78, 5) is 12.3. The Morgan fingerprint density at radius 2 is 2.15 bits per heavy atom. The van der Waals surface area contributed by atoms with E-state index in [-0.39, 0.29) is 13.0 Å². The number of ether oxygens (including phenoxy) is 3. The summed E-state index contributed by atoms with van der Waals surface area (Å²) in [7, 11) is 1.54. The predicted molar refractivity (Wildman–Crippen MR) is 67.9 cm³/mol. The number of hydrogen-bond donors (Lipinski definition) is 2. The van der Waals surface area contributed by atoms with Crippen molar-refractivity contribution in [1.82, 2.24) is 0 Å². The molecule has 6 nitrogen and oxygen atoms in total. The largest absolute Gasteiger partial charge is 0.389 e. The molecule has 6 heteroatoms. The molecule has 0 aromatic rings. The van der Waals surface area contributed by atoms with Gasteiger partial charge in [0.1, 0.15) is 6.10 Å². The maximum absolute atomic E-state index is 12.3. The molecule has 112 valence electrons. The van der Waals surface area contributed by atoms with Crippen LogP contribution in [0.5, 0.6) is 0 Å². The van der Waals surface area contributed by atoms with E-state index in [0.29, 0.717) is 24.2 Å². The Morgan fingerprint density at radius 1 is 1.40 bits per heavy atom. The maximum Gasteiger partial charge on any atom is 0.199 e. The zero-order chi connectivity index (χ0) is 14.5. The molecule has 3 aliphatic rings. The summed E-state index contributed by atoms with van der Waals surface area (Å²) >= 11 is 0. The lowest BCUT2D eigenvalue weighted by atomic mass is 9.74. The molecule has 4 atom stereocenters. The van der Waals surface area contributed by atoms with Crippen molar-refractivity contribution >= 4 is 5.78 Å². The van der Waals surface area contributed by atoms with Gasteiger partial charge in [-0.3, -0.25) is 4.79 Å². The molecule has 1 fully saturated rings. The Kier molecular flexibility index (Phi) is 3.26. The lowest BCUT2D eigenvalue weighted by Crippen LogP contribution is -2.58. The van der Waals surface area contributed by atoms with E-state index in [2.05, 4.69) is 0 Å². The second kappa shape index (κ2) is 4.61. The standard InChI is InChI=1S/C14H20O6/c1-13(17)10(15)6-8-9(11(13)16)7-20-14(12(8)18-2)4-3-5-19-14/h10,12,15,17H,3-7H2,1-2H3/t10-,12+,13+,14?/m0/s1. The first-order chi connectivity index (χ1) is 9.42. The molecular weight excluding hydrogens is 264 g/mol. The number of aliphatic hydroxyl groups excluding tert-OH is 1. The topological polar surface area (TPSA) is 85.2 Å². The van der Waals surface area contributed by atoms with Crippen molar-refractivity contribution < 1.29 is 29.2 Å². The van der Waals surface area contributed by atoms with E-state index in [4.69, 9.17) is 14.2 Å². The van der Waals surface area contributed by atoms with Crippen molar-refractivity contribution in [2.45, 2.75) is 49.8 Å². The van der Waals surface area contributed by atoms with E-state index in [1.54, 1.807) is 0 Å². The van der Waals surface area contributed by atoms with Gasteiger partial charge in [0.25, 0.3) is 0 Å². The van der Waals surface area contributed by atoms with E-state index >= 15 is 0 Å². The number of carbonyl (C=O) groups excluding carboxylic acids is 1. The van der Waals surface area contributed by atoms with Gasteiger partial charge in [-0.15, -0.1) is 0 Å². The fourth-order valence-electron chi connectivity index (χ4n) is 3.37. The zero-order valence-corrected chi connectivity index (χ0v) is 11.7. The number of Topliss-reactive ketones (excluding diaryl/α,β-unsaturated/α-hetero) is 1. The molecule has 0 aromatic carbocycles. The molecule has 2 N–H and O–H groups in total. The number of hydrogen-bond acceptors (Lipinski definition) is 6.